The quantitative estimate of drug-likeness (QED) is 0.411. The molecule has 80 valence electrons. The van der Waals surface area contributed by atoms with Crippen molar-refractivity contribution in [2.45, 2.75) is 12.8 Å². The van der Waals surface area contributed by atoms with Gasteiger partial charge in [0.05, 0.1) is 0 Å². The molecule has 0 aliphatic carbocycles. The minimum Gasteiger partial charge on any atom is -0.478 e. The molecule has 0 fully saturated rings. The fraction of sp³-hybridized carbons (Fsp3) is 0.500. The minimum absolute atomic E-state index is 0.0819. The molecule has 0 heterocycles. The number of carboxylic acids is 2. The summed E-state index contributed by atoms with van der Waals surface area (Å²) in [6.45, 7) is 0. The lowest BCUT2D eigenvalue weighted by Gasteiger charge is -2.06. The van der Waals surface area contributed by atoms with Gasteiger partial charge in [0.1, 0.15) is 0 Å². The first-order valence-corrected chi connectivity index (χ1v) is 5.21. The molecule has 4 nitrogen and oxygen atoms in total. The smallest absolute Gasteiger partial charge is 0.332 e. The second-order valence-electron chi connectivity index (χ2n) is 2.51. The molecule has 0 radical (unpaired) electrons. The van der Waals surface area contributed by atoms with E-state index in [1.807, 2.05) is 0 Å². The summed E-state index contributed by atoms with van der Waals surface area (Å²) in [4.78, 5) is 21.5. The van der Waals surface area contributed by atoms with E-state index in [1.54, 1.807) is 0 Å². The molecule has 0 saturated heterocycles. The van der Waals surface area contributed by atoms with Gasteiger partial charge >= 0.3 is 11.9 Å². The standard InChI is InChI=1S/C8H12O4S2/c9-7(10)5(1-3-13)6(2-4-14)8(11)12/h13-14H,1-4H2,(H,9,10)(H,11,12). The molecule has 0 aliphatic rings. The van der Waals surface area contributed by atoms with Crippen molar-refractivity contribution in [3.8, 4) is 0 Å². The molecule has 0 amide bonds. The van der Waals surface area contributed by atoms with Gasteiger partial charge in [-0.3, -0.25) is 0 Å². The van der Waals surface area contributed by atoms with Crippen LogP contribution in [0, 0.1) is 0 Å². The van der Waals surface area contributed by atoms with Crippen LogP contribution in [-0.2, 0) is 9.59 Å². The van der Waals surface area contributed by atoms with Gasteiger partial charge in [-0.15, -0.1) is 0 Å². The van der Waals surface area contributed by atoms with Crippen molar-refractivity contribution in [3.05, 3.63) is 11.1 Å². The van der Waals surface area contributed by atoms with Crippen molar-refractivity contribution in [2.75, 3.05) is 11.5 Å². The van der Waals surface area contributed by atoms with Crippen molar-refractivity contribution in [1.82, 2.24) is 0 Å². The topological polar surface area (TPSA) is 74.6 Å². The van der Waals surface area contributed by atoms with Gasteiger partial charge in [-0.2, -0.15) is 25.3 Å². The van der Waals surface area contributed by atoms with E-state index in [0.29, 0.717) is 11.5 Å². The normalized spacial score (nSPS) is 12.1. The van der Waals surface area contributed by atoms with Crippen molar-refractivity contribution in [3.63, 3.8) is 0 Å². The van der Waals surface area contributed by atoms with Crippen LogP contribution in [0.4, 0.5) is 0 Å². The maximum atomic E-state index is 10.7. The number of hydrogen-bond donors (Lipinski definition) is 4. The number of carboxylic acid groups (broad SMARTS) is 2. The summed E-state index contributed by atoms with van der Waals surface area (Å²) < 4.78 is 0. The predicted octanol–water partition coefficient (Wildman–Crippen LogP) is 1.09. The first-order valence-electron chi connectivity index (χ1n) is 3.95. The second kappa shape index (κ2) is 6.78. The largest absolute Gasteiger partial charge is 0.478 e. The molecule has 0 aliphatic heterocycles. The second-order valence-corrected chi connectivity index (χ2v) is 3.41. The zero-order valence-corrected chi connectivity index (χ0v) is 9.22. The summed E-state index contributed by atoms with van der Waals surface area (Å²) >= 11 is 7.75. The fourth-order valence-corrected chi connectivity index (χ4v) is 1.44. The van der Waals surface area contributed by atoms with Crippen molar-refractivity contribution in [2.24, 2.45) is 0 Å². The van der Waals surface area contributed by atoms with E-state index >= 15 is 0 Å². The molecular weight excluding hydrogens is 224 g/mol. The molecule has 0 aromatic rings. The SMILES string of the molecule is O=C(O)C(CCS)=C(CCS)C(=O)O. The zero-order valence-electron chi connectivity index (χ0n) is 7.43. The number of rotatable bonds is 6. The van der Waals surface area contributed by atoms with Gasteiger partial charge in [0.2, 0.25) is 0 Å². The summed E-state index contributed by atoms with van der Waals surface area (Å²) in [6.07, 6.45) is 0.293. The van der Waals surface area contributed by atoms with Crippen LogP contribution < -0.4 is 0 Å². The van der Waals surface area contributed by atoms with Crippen LogP contribution in [0.15, 0.2) is 11.1 Å². The summed E-state index contributed by atoms with van der Waals surface area (Å²) in [5, 5.41) is 17.5. The number of hydrogen-bond acceptors (Lipinski definition) is 4. The van der Waals surface area contributed by atoms with E-state index in [9.17, 15) is 9.59 Å². The van der Waals surface area contributed by atoms with Crippen LogP contribution in [0.1, 0.15) is 12.8 Å². The van der Waals surface area contributed by atoms with Gasteiger partial charge in [-0.25, -0.2) is 9.59 Å². The Morgan fingerprint density at radius 3 is 1.29 bits per heavy atom. The Labute approximate surface area is 92.8 Å². The average molecular weight is 236 g/mol. The van der Waals surface area contributed by atoms with E-state index in [0.717, 1.165) is 0 Å². The van der Waals surface area contributed by atoms with Gasteiger partial charge in [0, 0.05) is 11.1 Å². The molecule has 0 saturated carbocycles. The number of aliphatic carboxylic acids is 2. The summed E-state index contributed by atoms with van der Waals surface area (Å²) in [7, 11) is 0. The molecule has 6 heteroatoms. The van der Waals surface area contributed by atoms with Gasteiger partial charge in [-0.1, -0.05) is 0 Å². The lowest BCUT2D eigenvalue weighted by atomic mass is 10.0. The maximum absolute atomic E-state index is 10.7. The highest BCUT2D eigenvalue weighted by Crippen LogP contribution is 2.15. The van der Waals surface area contributed by atoms with Crippen molar-refractivity contribution >= 4 is 37.2 Å². The predicted molar refractivity (Wildman–Crippen MR) is 59.2 cm³/mol. The third-order valence-corrected chi connectivity index (χ3v) is 2.05. The fourth-order valence-electron chi connectivity index (χ4n) is 0.997. The van der Waals surface area contributed by atoms with Gasteiger partial charge < -0.3 is 10.2 Å². The summed E-state index contributed by atoms with van der Waals surface area (Å²) in [6, 6.07) is 0. The minimum atomic E-state index is -1.20. The number of carbonyl (C=O) groups is 2. The molecule has 0 aromatic carbocycles. The van der Waals surface area contributed by atoms with Crippen LogP contribution in [0.2, 0.25) is 0 Å². The lowest BCUT2D eigenvalue weighted by molar-refractivity contribution is -0.136. The van der Waals surface area contributed by atoms with Crippen molar-refractivity contribution < 1.29 is 19.8 Å². The Bertz CT molecular complexity index is 234. The molecule has 0 rings (SSSR count). The first-order chi connectivity index (χ1) is 6.54. The average Bonchev–Trinajstić information content (AvgIpc) is 2.10. The molecule has 0 bridgehead atoms. The molecule has 0 atom stereocenters. The first kappa shape index (κ1) is 13.4. The third-order valence-electron chi connectivity index (χ3n) is 1.60. The Hall–Kier alpha value is -0.620. The van der Waals surface area contributed by atoms with Gasteiger partial charge in [0.15, 0.2) is 0 Å². The molecule has 2 N–H and O–H groups in total. The monoisotopic (exact) mass is 236 g/mol. The molecule has 14 heavy (non-hydrogen) atoms. The summed E-state index contributed by atoms with van der Waals surface area (Å²) in [5.41, 5.74) is -0.164. The third kappa shape index (κ3) is 4.06. The van der Waals surface area contributed by atoms with Crippen LogP contribution in [0.25, 0.3) is 0 Å². The lowest BCUT2D eigenvalue weighted by Crippen LogP contribution is -2.12. The van der Waals surface area contributed by atoms with Gasteiger partial charge in [-0.05, 0) is 24.3 Å². The molecule has 0 spiro atoms. The summed E-state index contributed by atoms with van der Waals surface area (Å²) in [5.74, 6) is -1.77. The van der Waals surface area contributed by atoms with Crippen molar-refractivity contribution in [1.29, 1.82) is 0 Å². The van der Waals surface area contributed by atoms with Crippen LogP contribution in [-0.4, -0.2) is 33.7 Å². The Kier molecular flexibility index (Phi) is 6.48. The Balaban J connectivity index is 5.03. The molecule has 0 unspecified atom stereocenters. The maximum Gasteiger partial charge on any atom is 0.332 e. The highest BCUT2D eigenvalue weighted by Gasteiger charge is 2.18. The molecule has 0 aromatic heterocycles. The highest BCUT2D eigenvalue weighted by atomic mass is 32.1. The van der Waals surface area contributed by atoms with E-state index in [2.05, 4.69) is 25.3 Å². The highest BCUT2D eigenvalue weighted by molar-refractivity contribution is 7.80. The van der Waals surface area contributed by atoms with Crippen LogP contribution in [0.5, 0.6) is 0 Å². The van der Waals surface area contributed by atoms with E-state index in [4.69, 9.17) is 10.2 Å². The Morgan fingerprint density at radius 1 is 0.857 bits per heavy atom. The van der Waals surface area contributed by atoms with E-state index < -0.39 is 11.9 Å². The Morgan fingerprint density at radius 2 is 1.14 bits per heavy atom. The molecular formula is C8H12O4S2. The van der Waals surface area contributed by atoms with Crippen LogP contribution in [0.3, 0.4) is 0 Å². The number of thiol groups is 2. The van der Waals surface area contributed by atoms with E-state index in [1.165, 1.54) is 0 Å². The van der Waals surface area contributed by atoms with E-state index in [-0.39, 0.29) is 24.0 Å². The zero-order chi connectivity index (χ0) is 11.1. The van der Waals surface area contributed by atoms with Crippen LogP contribution >= 0.6 is 25.3 Å². The van der Waals surface area contributed by atoms with Gasteiger partial charge in [0.25, 0.3) is 0 Å².